The van der Waals surface area contributed by atoms with E-state index in [0.29, 0.717) is 10.7 Å². The molecule has 0 radical (unpaired) electrons. The zero-order chi connectivity index (χ0) is 12.5. The number of rotatable bonds is 3. The van der Waals surface area contributed by atoms with Crippen molar-refractivity contribution in [3.63, 3.8) is 0 Å². The number of nitrogens with two attached hydrogens (primary N) is 1. The molecule has 6 heteroatoms. The van der Waals surface area contributed by atoms with Crippen molar-refractivity contribution in [3.8, 4) is 0 Å². The van der Waals surface area contributed by atoms with E-state index < -0.39 is 5.54 Å². The topological polar surface area (TPSA) is 72.9 Å². The second kappa shape index (κ2) is 4.44. The quantitative estimate of drug-likeness (QED) is 0.779. The van der Waals surface area contributed by atoms with E-state index in [0.717, 1.165) is 25.7 Å². The summed E-state index contributed by atoms with van der Waals surface area (Å²) in [5.41, 5.74) is 5.78. The molecular formula is C11H16N4OS. The largest absolute Gasteiger partial charge is 0.391 e. The molecule has 1 amide bonds. The van der Waals surface area contributed by atoms with Crippen LogP contribution in [0.25, 0.3) is 0 Å². The van der Waals surface area contributed by atoms with Crippen LogP contribution in [-0.4, -0.2) is 26.0 Å². The van der Waals surface area contributed by atoms with Gasteiger partial charge in [-0.25, -0.2) is 4.98 Å². The number of hydrogen-bond acceptors (Lipinski definition) is 3. The highest BCUT2D eigenvalue weighted by Gasteiger charge is 2.38. The molecule has 1 fully saturated rings. The Balaban J connectivity index is 2.17. The van der Waals surface area contributed by atoms with Crippen molar-refractivity contribution in [2.24, 2.45) is 12.8 Å². The molecule has 0 atom stereocenters. The van der Waals surface area contributed by atoms with Crippen LogP contribution in [0.3, 0.4) is 0 Å². The SMILES string of the molecule is Cn1cncc1C(=O)NC1(C(N)=S)CCCC1. The Morgan fingerprint density at radius 1 is 1.59 bits per heavy atom. The number of aromatic nitrogens is 2. The van der Waals surface area contributed by atoms with E-state index >= 15 is 0 Å². The number of hydrogen-bond donors (Lipinski definition) is 2. The van der Waals surface area contributed by atoms with Gasteiger partial charge in [-0.1, -0.05) is 25.1 Å². The van der Waals surface area contributed by atoms with Crippen molar-refractivity contribution >= 4 is 23.1 Å². The van der Waals surface area contributed by atoms with Gasteiger partial charge in [-0.15, -0.1) is 0 Å². The van der Waals surface area contributed by atoms with E-state index in [9.17, 15) is 4.79 Å². The molecule has 3 N–H and O–H groups in total. The van der Waals surface area contributed by atoms with E-state index in [1.807, 2.05) is 0 Å². The van der Waals surface area contributed by atoms with Gasteiger partial charge in [0, 0.05) is 7.05 Å². The van der Waals surface area contributed by atoms with Crippen LogP contribution in [0.2, 0.25) is 0 Å². The van der Waals surface area contributed by atoms with Crippen molar-refractivity contribution < 1.29 is 4.79 Å². The number of amides is 1. The molecule has 17 heavy (non-hydrogen) atoms. The normalized spacial score (nSPS) is 17.9. The predicted octanol–water partition coefficient (Wildman–Crippen LogP) is 0.749. The molecular weight excluding hydrogens is 236 g/mol. The fourth-order valence-corrected chi connectivity index (χ4v) is 2.52. The second-order valence-electron chi connectivity index (χ2n) is 4.50. The zero-order valence-electron chi connectivity index (χ0n) is 9.77. The van der Waals surface area contributed by atoms with Crippen LogP contribution in [-0.2, 0) is 7.05 Å². The maximum absolute atomic E-state index is 12.1. The molecule has 0 spiro atoms. The molecule has 1 heterocycles. The lowest BCUT2D eigenvalue weighted by Gasteiger charge is -2.28. The summed E-state index contributed by atoms with van der Waals surface area (Å²) in [4.78, 5) is 16.4. The van der Waals surface area contributed by atoms with Crippen LogP contribution in [0.15, 0.2) is 12.5 Å². The van der Waals surface area contributed by atoms with Crippen LogP contribution in [0.4, 0.5) is 0 Å². The lowest BCUT2D eigenvalue weighted by atomic mass is 9.97. The van der Waals surface area contributed by atoms with Gasteiger partial charge in [-0.2, -0.15) is 0 Å². The molecule has 0 unspecified atom stereocenters. The number of imidazole rings is 1. The van der Waals surface area contributed by atoms with Gasteiger partial charge in [0.25, 0.3) is 5.91 Å². The fourth-order valence-electron chi connectivity index (χ4n) is 2.27. The van der Waals surface area contributed by atoms with Gasteiger partial charge < -0.3 is 15.6 Å². The molecule has 0 aromatic carbocycles. The van der Waals surface area contributed by atoms with E-state index in [1.165, 1.54) is 6.20 Å². The third-order valence-electron chi connectivity index (χ3n) is 3.33. The van der Waals surface area contributed by atoms with Gasteiger partial charge in [0.2, 0.25) is 0 Å². The minimum atomic E-state index is -0.503. The molecule has 1 aliphatic rings. The van der Waals surface area contributed by atoms with E-state index in [2.05, 4.69) is 10.3 Å². The Labute approximate surface area is 105 Å². The molecule has 1 aromatic rings. The Morgan fingerprint density at radius 3 is 2.71 bits per heavy atom. The Morgan fingerprint density at radius 2 is 2.24 bits per heavy atom. The highest BCUT2D eigenvalue weighted by atomic mass is 32.1. The molecule has 1 saturated carbocycles. The van der Waals surface area contributed by atoms with E-state index in [1.54, 1.807) is 17.9 Å². The van der Waals surface area contributed by atoms with Gasteiger partial charge in [0.05, 0.1) is 23.1 Å². The number of nitrogens with one attached hydrogen (secondary N) is 1. The maximum atomic E-state index is 12.1. The van der Waals surface area contributed by atoms with Crippen molar-refractivity contribution in [3.05, 3.63) is 18.2 Å². The Hall–Kier alpha value is -1.43. The van der Waals surface area contributed by atoms with Gasteiger partial charge in [0.1, 0.15) is 5.69 Å². The second-order valence-corrected chi connectivity index (χ2v) is 4.94. The summed E-state index contributed by atoms with van der Waals surface area (Å²) >= 11 is 5.09. The first kappa shape index (κ1) is 12.0. The van der Waals surface area contributed by atoms with Crippen LogP contribution in [0.1, 0.15) is 36.2 Å². The predicted molar refractivity (Wildman–Crippen MR) is 68.7 cm³/mol. The average molecular weight is 252 g/mol. The summed E-state index contributed by atoms with van der Waals surface area (Å²) in [7, 11) is 1.78. The molecule has 0 aliphatic heterocycles. The van der Waals surface area contributed by atoms with E-state index in [-0.39, 0.29) is 5.91 Å². The molecule has 1 aromatic heterocycles. The monoisotopic (exact) mass is 252 g/mol. The van der Waals surface area contributed by atoms with Gasteiger partial charge in [0.15, 0.2) is 0 Å². The highest BCUT2D eigenvalue weighted by molar-refractivity contribution is 7.80. The van der Waals surface area contributed by atoms with Gasteiger partial charge in [-0.05, 0) is 12.8 Å². The fraction of sp³-hybridized carbons (Fsp3) is 0.545. The summed E-state index contributed by atoms with van der Waals surface area (Å²) < 4.78 is 1.68. The maximum Gasteiger partial charge on any atom is 0.270 e. The summed E-state index contributed by atoms with van der Waals surface area (Å²) in [5.74, 6) is -0.167. The molecule has 5 nitrogen and oxygen atoms in total. The molecule has 0 bridgehead atoms. The number of nitrogens with zero attached hydrogens (tertiary/aromatic N) is 2. The van der Waals surface area contributed by atoms with Gasteiger partial charge >= 0.3 is 0 Å². The number of carbonyl (C=O) groups is 1. The molecule has 1 aliphatic carbocycles. The first-order valence-corrected chi connectivity index (χ1v) is 6.05. The van der Waals surface area contributed by atoms with Crippen molar-refractivity contribution in [1.29, 1.82) is 0 Å². The Kier molecular flexibility index (Phi) is 3.15. The zero-order valence-corrected chi connectivity index (χ0v) is 10.6. The lowest BCUT2D eigenvalue weighted by Crippen LogP contribution is -2.55. The average Bonchev–Trinajstić information content (AvgIpc) is 2.87. The Bertz CT molecular complexity index is 448. The third-order valence-corrected chi connectivity index (χ3v) is 3.72. The number of carbonyl (C=O) groups excluding carboxylic acids is 1. The molecule has 0 saturated heterocycles. The first-order valence-electron chi connectivity index (χ1n) is 5.64. The molecule has 92 valence electrons. The van der Waals surface area contributed by atoms with Crippen LogP contribution < -0.4 is 11.1 Å². The van der Waals surface area contributed by atoms with Gasteiger partial charge in [-0.3, -0.25) is 4.79 Å². The number of thiocarbonyl (C=S) groups is 1. The smallest absolute Gasteiger partial charge is 0.270 e. The van der Waals surface area contributed by atoms with Crippen LogP contribution in [0.5, 0.6) is 0 Å². The van der Waals surface area contributed by atoms with E-state index in [4.69, 9.17) is 18.0 Å². The lowest BCUT2D eigenvalue weighted by molar-refractivity contribution is 0.0916. The minimum Gasteiger partial charge on any atom is -0.391 e. The standard InChI is InChI=1S/C11H16N4OS/c1-15-7-13-6-8(15)9(16)14-11(10(12)17)4-2-3-5-11/h6-7H,2-5H2,1H3,(H2,12,17)(H,14,16). The summed E-state index contributed by atoms with van der Waals surface area (Å²) in [5, 5.41) is 2.97. The van der Waals surface area contributed by atoms with Crippen LogP contribution >= 0.6 is 12.2 Å². The van der Waals surface area contributed by atoms with Crippen LogP contribution in [0, 0.1) is 0 Å². The summed E-state index contributed by atoms with van der Waals surface area (Å²) in [6.07, 6.45) is 6.87. The summed E-state index contributed by atoms with van der Waals surface area (Å²) in [6.45, 7) is 0. The van der Waals surface area contributed by atoms with Crippen molar-refractivity contribution in [2.75, 3.05) is 0 Å². The molecule has 2 rings (SSSR count). The van der Waals surface area contributed by atoms with Crippen molar-refractivity contribution in [2.45, 2.75) is 31.2 Å². The first-order chi connectivity index (χ1) is 8.05. The number of aryl methyl sites for hydroxylation is 1. The minimum absolute atomic E-state index is 0.167. The summed E-state index contributed by atoms with van der Waals surface area (Å²) in [6, 6.07) is 0. The highest BCUT2D eigenvalue weighted by Crippen LogP contribution is 2.30. The third kappa shape index (κ3) is 2.17. The van der Waals surface area contributed by atoms with Crippen molar-refractivity contribution in [1.82, 2.24) is 14.9 Å².